The summed E-state index contributed by atoms with van der Waals surface area (Å²) < 4.78 is 25.2. The van der Waals surface area contributed by atoms with E-state index in [0.717, 1.165) is 4.68 Å². The molecule has 1 heterocycles. The van der Waals surface area contributed by atoms with Crippen LogP contribution in [0.3, 0.4) is 0 Å². The van der Waals surface area contributed by atoms with E-state index in [-0.39, 0.29) is 11.4 Å². The number of halogens is 2. The van der Waals surface area contributed by atoms with Crippen LogP contribution in [0.1, 0.15) is 24.2 Å². The number of nitrogen functional groups attached to an aromatic ring is 1. The van der Waals surface area contributed by atoms with Crippen LogP contribution in [0.25, 0.3) is 0 Å². The van der Waals surface area contributed by atoms with Crippen molar-refractivity contribution in [3.05, 3.63) is 11.8 Å². The lowest BCUT2D eigenvalue weighted by molar-refractivity contribution is 0.0948. The van der Waals surface area contributed by atoms with Gasteiger partial charge in [0.1, 0.15) is 12.1 Å². The zero-order chi connectivity index (χ0) is 13.0. The van der Waals surface area contributed by atoms with Crippen molar-refractivity contribution in [1.82, 2.24) is 15.1 Å². The molecular weight excluding hydrogens is 230 g/mol. The molecule has 0 saturated heterocycles. The maximum atomic E-state index is 12.1. The average molecular weight is 246 g/mol. The first-order chi connectivity index (χ1) is 7.90. The first-order valence-electron chi connectivity index (χ1n) is 5.29. The van der Waals surface area contributed by atoms with Gasteiger partial charge < -0.3 is 11.1 Å². The maximum Gasteiger partial charge on any atom is 0.257 e. The van der Waals surface area contributed by atoms with E-state index in [4.69, 9.17) is 5.73 Å². The van der Waals surface area contributed by atoms with Crippen molar-refractivity contribution in [3.63, 3.8) is 0 Å². The number of nitrogens with two attached hydrogens (primary N) is 1. The molecule has 0 aliphatic heterocycles. The third kappa shape index (κ3) is 4.01. The highest BCUT2D eigenvalue weighted by molar-refractivity contribution is 5.98. The largest absolute Gasteiger partial charge is 0.382 e. The number of amides is 1. The topological polar surface area (TPSA) is 72.9 Å². The second-order valence-corrected chi connectivity index (χ2v) is 4.15. The number of hydrogen-bond acceptors (Lipinski definition) is 3. The van der Waals surface area contributed by atoms with Crippen molar-refractivity contribution < 1.29 is 13.6 Å². The van der Waals surface area contributed by atoms with Gasteiger partial charge in [0.15, 0.2) is 5.82 Å². The normalized spacial score (nSPS) is 11.2. The highest BCUT2D eigenvalue weighted by Crippen LogP contribution is 2.10. The molecule has 3 N–H and O–H groups in total. The molecule has 0 aliphatic rings. The Morgan fingerprint density at radius 1 is 1.59 bits per heavy atom. The summed E-state index contributed by atoms with van der Waals surface area (Å²) in [5, 5.41) is 6.30. The molecule has 5 nitrogen and oxygen atoms in total. The van der Waals surface area contributed by atoms with Crippen LogP contribution in [0.2, 0.25) is 0 Å². The van der Waals surface area contributed by atoms with Gasteiger partial charge in [0.2, 0.25) is 0 Å². The van der Waals surface area contributed by atoms with E-state index in [2.05, 4.69) is 10.4 Å². The summed E-state index contributed by atoms with van der Waals surface area (Å²) in [5.41, 5.74) is 5.62. The van der Waals surface area contributed by atoms with Gasteiger partial charge in [-0.25, -0.2) is 8.78 Å². The lowest BCUT2D eigenvalue weighted by atomic mass is 10.2. The van der Waals surface area contributed by atoms with E-state index in [1.807, 2.05) is 13.8 Å². The van der Waals surface area contributed by atoms with Gasteiger partial charge in [0.05, 0.1) is 0 Å². The van der Waals surface area contributed by atoms with Crippen LogP contribution >= 0.6 is 0 Å². The van der Waals surface area contributed by atoms with E-state index in [1.54, 1.807) is 0 Å². The molecular formula is C10H16F2N4O. The highest BCUT2D eigenvalue weighted by atomic mass is 19.3. The molecule has 0 atom stereocenters. The summed E-state index contributed by atoms with van der Waals surface area (Å²) >= 11 is 0. The number of aromatic nitrogens is 2. The Bertz CT molecular complexity index is 390. The molecule has 0 spiro atoms. The minimum atomic E-state index is -2.53. The molecule has 0 fully saturated rings. The molecule has 1 rings (SSSR count). The van der Waals surface area contributed by atoms with Crippen LogP contribution in [0.5, 0.6) is 0 Å². The summed E-state index contributed by atoms with van der Waals surface area (Å²) in [5.74, 6) is -0.125. The molecule has 0 saturated carbocycles. The summed E-state index contributed by atoms with van der Waals surface area (Å²) in [4.78, 5) is 11.6. The standard InChI is InChI=1S/C10H16F2N4O/c1-6(2)3-14-10(17)7-4-16(5-8(11)12)15-9(7)13/h4,6,8H,3,5H2,1-2H3,(H2,13,15)(H,14,17). The van der Waals surface area contributed by atoms with Crippen molar-refractivity contribution in [1.29, 1.82) is 0 Å². The molecule has 1 aromatic rings. The number of carbonyl (C=O) groups excluding carboxylic acids is 1. The molecule has 1 amide bonds. The molecule has 17 heavy (non-hydrogen) atoms. The molecule has 0 aliphatic carbocycles. The summed E-state index contributed by atoms with van der Waals surface area (Å²) in [6.07, 6.45) is -1.29. The predicted molar refractivity (Wildman–Crippen MR) is 59.8 cm³/mol. The van der Waals surface area contributed by atoms with Crippen LogP contribution in [-0.2, 0) is 6.54 Å². The quantitative estimate of drug-likeness (QED) is 0.817. The predicted octanol–water partition coefficient (Wildman–Crippen LogP) is 1.12. The Labute approximate surface area is 98.0 Å². The Hall–Kier alpha value is -1.66. The third-order valence-corrected chi connectivity index (χ3v) is 2.03. The van der Waals surface area contributed by atoms with Crippen molar-refractivity contribution in [2.45, 2.75) is 26.8 Å². The molecule has 0 radical (unpaired) electrons. The molecule has 96 valence electrons. The lowest BCUT2D eigenvalue weighted by Gasteiger charge is -2.06. The molecule has 0 bridgehead atoms. The number of rotatable bonds is 5. The summed E-state index contributed by atoms with van der Waals surface area (Å²) in [6.45, 7) is 3.83. The Morgan fingerprint density at radius 3 is 2.76 bits per heavy atom. The van der Waals surface area contributed by atoms with Gasteiger partial charge in [0, 0.05) is 12.7 Å². The SMILES string of the molecule is CC(C)CNC(=O)c1cn(CC(F)F)nc1N. The monoisotopic (exact) mass is 246 g/mol. The van der Waals surface area contributed by atoms with E-state index in [9.17, 15) is 13.6 Å². The van der Waals surface area contributed by atoms with Crippen molar-refractivity contribution >= 4 is 11.7 Å². The average Bonchev–Trinajstić information content (AvgIpc) is 2.54. The van der Waals surface area contributed by atoms with E-state index >= 15 is 0 Å². The number of anilines is 1. The van der Waals surface area contributed by atoms with Gasteiger partial charge in [-0.05, 0) is 5.92 Å². The molecule has 0 unspecified atom stereocenters. The zero-order valence-corrected chi connectivity index (χ0v) is 9.78. The first kappa shape index (κ1) is 13.4. The maximum absolute atomic E-state index is 12.1. The fourth-order valence-corrected chi connectivity index (χ4v) is 1.24. The first-order valence-corrected chi connectivity index (χ1v) is 5.29. The Kier molecular flexibility index (Phi) is 4.42. The number of nitrogens with zero attached hydrogens (tertiary/aromatic N) is 2. The number of nitrogens with one attached hydrogen (secondary N) is 1. The van der Waals surface area contributed by atoms with Crippen LogP contribution < -0.4 is 11.1 Å². The van der Waals surface area contributed by atoms with Gasteiger partial charge in [-0.15, -0.1) is 0 Å². The fourth-order valence-electron chi connectivity index (χ4n) is 1.24. The summed E-state index contributed by atoms with van der Waals surface area (Å²) in [7, 11) is 0. The van der Waals surface area contributed by atoms with Crippen LogP contribution in [-0.4, -0.2) is 28.7 Å². The molecule has 1 aromatic heterocycles. The van der Waals surface area contributed by atoms with Gasteiger partial charge in [-0.1, -0.05) is 13.8 Å². The number of carbonyl (C=O) groups is 1. The summed E-state index contributed by atoms with van der Waals surface area (Å²) in [6, 6.07) is 0. The minimum Gasteiger partial charge on any atom is -0.382 e. The van der Waals surface area contributed by atoms with E-state index in [1.165, 1.54) is 6.20 Å². The van der Waals surface area contributed by atoms with Crippen LogP contribution in [0.15, 0.2) is 6.20 Å². The number of hydrogen-bond donors (Lipinski definition) is 2. The Morgan fingerprint density at radius 2 is 2.24 bits per heavy atom. The van der Waals surface area contributed by atoms with Gasteiger partial charge in [-0.3, -0.25) is 9.48 Å². The van der Waals surface area contributed by atoms with E-state index < -0.39 is 18.9 Å². The van der Waals surface area contributed by atoms with Crippen molar-refractivity contribution in [2.24, 2.45) is 5.92 Å². The van der Waals surface area contributed by atoms with Crippen LogP contribution in [0.4, 0.5) is 14.6 Å². The van der Waals surface area contributed by atoms with Crippen molar-refractivity contribution in [3.8, 4) is 0 Å². The van der Waals surface area contributed by atoms with Gasteiger partial charge in [-0.2, -0.15) is 5.10 Å². The van der Waals surface area contributed by atoms with Crippen molar-refractivity contribution in [2.75, 3.05) is 12.3 Å². The highest BCUT2D eigenvalue weighted by Gasteiger charge is 2.15. The number of alkyl halides is 2. The Balaban J connectivity index is 2.70. The van der Waals surface area contributed by atoms with Gasteiger partial charge in [0.25, 0.3) is 12.3 Å². The van der Waals surface area contributed by atoms with Gasteiger partial charge >= 0.3 is 0 Å². The molecule has 0 aromatic carbocycles. The fraction of sp³-hybridized carbons (Fsp3) is 0.600. The minimum absolute atomic E-state index is 0.0353. The smallest absolute Gasteiger partial charge is 0.257 e. The third-order valence-electron chi connectivity index (χ3n) is 2.03. The second kappa shape index (κ2) is 5.60. The zero-order valence-electron chi connectivity index (χ0n) is 9.78. The lowest BCUT2D eigenvalue weighted by Crippen LogP contribution is -2.27. The second-order valence-electron chi connectivity index (χ2n) is 4.15. The van der Waals surface area contributed by atoms with Crippen LogP contribution in [0, 0.1) is 5.92 Å². The van der Waals surface area contributed by atoms with E-state index in [0.29, 0.717) is 12.5 Å². The molecule has 7 heteroatoms.